The molecule has 0 N–H and O–H groups in total. The van der Waals surface area contributed by atoms with Gasteiger partial charge in [0.2, 0.25) is 0 Å². The summed E-state index contributed by atoms with van der Waals surface area (Å²) in [5.41, 5.74) is -4.18. The van der Waals surface area contributed by atoms with Gasteiger partial charge >= 0.3 is 24.7 Å². The largest absolute Gasteiger partial charge is 0.416 e. The van der Waals surface area contributed by atoms with E-state index in [9.17, 15) is 52.7 Å². The summed E-state index contributed by atoms with van der Waals surface area (Å²) in [6.45, 7) is 0. The van der Waals surface area contributed by atoms with Crippen LogP contribution < -0.4 is 0 Å². The molecule has 14 heteroatoms. The van der Waals surface area contributed by atoms with Crippen LogP contribution in [-0.2, 0) is 24.7 Å². The van der Waals surface area contributed by atoms with E-state index >= 15 is 0 Å². The highest BCUT2D eigenvalue weighted by atomic mass is 32.2. The molecule has 0 aliphatic heterocycles. The molecule has 0 saturated heterocycles. The molecule has 0 fully saturated rings. The van der Waals surface area contributed by atoms with E-state index < -0.39 is 57.9 Å². The summed E-state index contributed by atoms with van der Waals surface area (Å²) in [6, 6.07) is 13.4. The van der Waals surface area contributed by atoms with E-state index in [1.54, 1.807) is 0 Å². The maximum atomic E-state index is 13.8. The van der Waals surface area contributed by atoms with Crippen molar-refractivity contribution < 1.29 is 52.7 Å². The van der Waals surface area contributed by atoms with Crippen LogP contribution in [0.25, 0.3) is 0 Å². The minimum atomic E-state index is -4.85. The molecule has 0 spiro atoms. The summed E-state index contributed by atoms with van der Waals surface area (Å²) in [7, 11) is -2.18. The fourth-order valence-electron chi connectivity index (χ4n) is 3.82. The van der Waals surface area contributed by atoms with Crippen LogP contribution in [0.15, 0.2) is 115 Å². The van der Waals surface area contributed by atoms with Crippen molar-refractivity contribution in [3.05, 3.63) is 113 Å². The van der Waals surface area contributed by atoms with Crippen LogP contribution in [0.4, 0.5) is 52.7 Å². The van der Waals surface area contributed by atoms with Crippen molar-refractivity contribution in [2.24, 2.45) is 0 Å². The summed E-state index contributed by atoms with van der Waals surface area (Å²) in [4.78, 5) is 0.467. The van der Waals surface area contributed by atoms with E-state index in [2.05, 4.69) is 0 Å². The molecule has 0 atom stereocenters. The van der Waals surface area contributed by atoms with Crippen molar-refractivity contribution in [3.8, 4) is 0 Å². The van der Waals surface area contributed by atoms with E-state index in [0.717, 1.165) is 78.5 Å². The maximum absolute atomic E-state index is 13.8. The highest BCUT2D eigenvalue weighted by Crippen LogP contribution is 2.56. The van der Waals surface area contributed by atoms with Gasteiger partial charge in [0.05, 0.1) is 22.3 Å². The average molecular weight is 645 g/mol. The Morgan fingerprint density at radius 3 is 1.10 bits per heavy atom. The van der Waals surface area contributed by atoms with Gasteiger partial charge in [0.1, 0.15) is 0 Å². The van der Waals surface area contributed by atoms with Gasteiger partial charge in [0.15, 0.2) is 0 Å². The fraction of sp³-hybridized carbons (Fsp3) is 0.143. The fourth-order valence-corrected chi connectivity index (χ4v) is 7.37. The monoisotopic (exact) mass is 644 g/mol. The van der Waals surface area contributed by atoms with Gasteiger partial charge in [-0.1, -0.05) is 11.8 Å². The second-order valence-electron chi connectivity index (χ2n) is 8.73. The predicted molar refractivity (Wildman–Crippen MR) is 134 cm³/mol. The Hall–Kier alpha value is -3.26. The molecule has 4 aromatic carbocycles. The second kappa shape index (κ2) is 11.4. The summed E-state index contributed by atoms with van der Waals surface area (Å²) in [5.74, 6) is 0. The molecular formula is C28H16F12S2. The van der Waals surface area contributed by atoms with Gasteiger partial charge in [-0.05, 0) is 101 Å². The van der Waals surface area contributed by atoms with Crippen molar-refractivity contribution in [1.29, 1.82) is 0 Å². The van der Waals surface area contributed by atoms with Crippen LogP contribution in [0, 0.1) is 0 Å². The van der Waals surface area contributed by atoms with Crippen LogP contribution in [0.5, 0.6) is 0 Å². The third-order valence-corrected chi connectivity index (χ3v) is 9.56. The molecule has 0 unspecified atom stereocenters. The maximum Gasteiger partial charge on any atom is 0.416 e. The van der Waals surface area contributed by atoms with Crippen LogP contribution in [0.1, 0.15) is 22.3 Å². The summed E-state index contributed by atoms with van der Waals surface area (Å²) >= 11 is 0.807. The van der Waals surface area contributed by atoms with Gasteiger partial charge in [-0.25, -0.2) is 0 Å². The molecule has 0 amide bonds. The molecule has 0 aliphatic carbocycles. The van der Waals surface area contributed by atoms with Crippen LogP contribution in [0.3, 0.4) is 0 Å². The Balaban J connectivity index is 1.90. The Bertz CT molecular complexity index is 1460. The van der Waals surface area contributed by atoms with Gasteiger partial charge in [-0.15, -0.1) is 0 Å². The van der Waals surface area contributed by atoms with E-state index in [4.69, 9.17) is 0 Å². The minimum Gasteiger partial charge on any atom is -0.172 e. The lowest BCUT2D eigenvalue weighted by atomic mass is 10.2. The van der Waals surface area contributed by atoms with Crippen LogP contribution in [-0.4, -0.2) is 0 Å². The summed E-state index contributed by atoms with van der Waals surface area (Å²) in [6.07, 6.45) is -18.9. The van der Waals surface area contributed by atoms with Crippen molar-refractivity contribution >= 4 is 22.7 Å². The minimum absolute atomic E-state index is 0.0655. The molecule has 224 valence electrons. The normalized spacial score (nSPS) is 13.3. The summed E-state index contributed by atoms with van der Waals surface area (Å²) < 4.78 is 160. The number of thiol groups is 1. The van der Waals surface area contributed by atoms with Crippen LogP contribution >= 0.6 is 22.7 Å². The second-order valence-corrected chi connectivity index (χ2v) is 12.0. The highest BCUT2D eigenvalue weighted by Gasteiger charge is 2.34. The number of benzene rings is 4. The Kier molecular flexibility index (Phi) is 8.62. The number of alkyl halides is 12. The molecule has 4 rings (SSSR count). The van der Waals surface area contributed by atoms with E-state index in [0.29, 0.717) is 24.3 Å². The topological polar surface area (TPSA) is 0 Å². The van der Waals surface area contributed by atoms with E-state index in [1.807, 2.05) is 0 Å². The van der Waals surface area contributed by atoms with Gasteiger partial charge in [0, 0.05) is 14.7 Å². The molecule has 0 radical (unpaired) electrons. The third-order valence-electron chi connectivity index (χ3n) is 5.84. The third kappa shape index (κ3) is 7.38. The van der Waals surface area contributed by atoms with Gasteiger partial charge in [-0.3, -0.25) is 0 Å². The van der Waals surface area contributed by atoms with Gasteiger partial charge in [0.25, 0.3) is 0 Å². The number of hydrogen-bond donors (Lipinski definition) is 1. The molecule has 4 aromatic rings. The number of rotatable bonds is 5. The first-order chi connectivity index (χ1) is 19.3. The Morgan fingerprint density at radius 2 is 0.738 bits per heavy atom. The van der Waals surface area contributed by atoms with E-state index in [-0.39, 0.29) is 24.5 Å². The molecule has 0 heterocycles. The first-order valence-corrected chi connectivity index (χ1v) is 13.7. The number of halogens is 12. The Labute approximate surface area is 237 Å². The summed E-state index contributed by atoms with van der Waals surface area (Å²) in [5, 5.41) is 0. The van der Waals surface area contributed by atoms with E-state index in [1.165, 1.54) is 0 Å². The molecule has 0 bridgehead atoms. The standard InChI is InChI=1S/C28H16F12S2/c29-25(30,31)16-1-8-20(9-2-16)41-23-14-7-19(28(38,39)40)15-24(23)42(21-10-3-17(4-11-21)26(32,33)34)22-12-5-18(6-13-22)27(35,36)37/h1-15,42H. The van der Waals surface area contributed by atoms with Crippen molar-refractivity contribution in [3.63, 3.8) is 0 Å². The predicted octanol–water partition coefficient (Wildman–Crippen LogP) is 11.4. The zero-order valence-corrected chi connectivity index (χ0v) is 22.3. The number of hydrogen-bond acceptors (Lipinski definition) is 1. The molecule has 42 heavy (non-hydrogen) atoms. The lowest BCUT2D eigenvalue weighted by Gasteiger charge is -2.27. The van der Waals surface area contributed by atoms with Crippen molar-refractivity contribution in [2.75, 3.05) is 0 Å². The zero-order valence-electron chi connectivity index (χ0n) is 20.6. The molecule has 0 aliphatic rings. The zero-order chi connectivity index (χ0) is 31.1. The molecule has 0 aromatic heterocycles. The van der Waals surface area contributed by atoms with Crippen molar-refractivity contribution in [2.45, 2.75) is 49.2 Å². The lowest BCUT2D eigenvalue weighted by molar-refractivity contribution is -0.138. The highest BCUT2D eigenvalue weighted by molar-refractivity contribution is 8.17. The van der Waals surface area contributed by atoms with Gasteiger partial charge in [-0.2, -0.15) is 63.6 Å². The molecule has 0 saturated carbocycles. The molecule has 0 nitrogen and oxygen atoms in total. The molecular weight excluding hydrogens is 628 g/mol. The van der Waals surface area contributed by atoms with Crippen molar-refractivity contribution in [1.82, 2.24) is 0 Å². The SMILES string of the molecule is FC(F)(F)c1ccc(Sc2ccc(C(F)(F)F)cc2[SH](c2ccc(C(F)(F)F)cc2)c2ccc(C(F)(F)F)cc2)cc1. The lowest BCUT2D eigenvalue weighted by Crippen LogP contribution is -2.07. The quantitative estimate of drug-likeness (QED) is 0.167. The first kappa shape index (κ1) is 31.7. The average Bonchev–Trinajstić information content (AvgIpc) is 2.88. The first-order valence-electron chi connectivity index (χ1n) is 11.5. The van der Waals surface area contributed by atoms with Gasteiger partial charge < -0.3 is 0 Å². The smallest absolute Gasteiger partial charge is 0.172 e. The van der Waals surface area contributed by atoms with Crippen LogP contribution in [0.2, 0.25) is 0 Å². The Morgan fingerprint density at radius 1 is 0.405 bits per heavy atom.